The fourth-order valence-corrected chi connectivity index (χ4v) is 3.28. The molecule has 0 saturated carbocycles. The molecule has 0 unspecified atom stereocenters. The van der Waals surface area contributed by atoms with Crippen LogP contribution in [0.4, 0.5) is 5.69 Å². The standard InChI is InChI=1S/C19H23ClN2O4S/c1-13-9-14(2)11-16(10-13)26-8-7-21-19(23)17-6-5-15(12-18(17)20)22(3)27(4,24)25/h5-6,9-12H,7-8H2,1-4H3,(H,21,23). The number of rotatable bonds is 7. The van der Waals surface area contributed by atoms with Crippen molar-refractivity contribution in [3.63, 3.8) is 0 Å². The summed E-state index contributed by atoms with van der Waals surface area (Å²) in [7, 11) is -1.98. The van der Waals surface area contributed by atoms with Crippen molar-refractivity contribution in [1.82, 2.24) is 5.32 Å². The first kappa shape index (κ1) is 21.1. The molecule has 8 heteroatoms. The van der Waals surface area contributed by atoms with Crippen LogP contribution in [0.1, 0.15) is 21.5 Å². The predicted octanol–water partition coefficient (Wildman–Crippen LogP) is 3.16. The van der Waals surface area contributed by atoms with E-state index in [1.54, 1.807) is 0 Å². The summed E-state index contributed by atoms with van der Waals surface area (Å²) in [4.78, 5) is 12.3. The van der Waals surface area contributed by atoms with Gasteiger partial charge in [-0.2, -0.15) is 0 Å². The Balaban J connectivity index is 1.94. The van der Waals surface area contributed by atoms with E-state index < -0.39 is 10.0 Å². The number of hydrogen-bond acceptors (Lipinski definition) is 4. The summed E-state index contributed by atoms with van der Waals surface area (Å²) in [5.74, 6) is 0.408. The number of amides is 1. The van der Waals surface area contributed by atoms with Gasteiger partial charge < -0.3 is 10.1 Å². The van der Waals surface area contributed by atoms with Crippen molar-refractivity contribution in [2.24, 2.45) is 0 Å². The number of nitrogens with one attached hydrogen (secondary N) is 1. The van der Waals surface area contributed by atoms with Crippen molar-refractivity contribution in [2.45, 2.75) is 13.8 Å². The van der Waals surface area contributed by atoms with Crippen molar-refractivity contribution in [1.29, 1.82) is 0 Å². The lowest BCUT2D eigenvalue weighted by Gasteiger charge is -2.17. The number of sulfonamides is 1. The average molecular weight is 411 g/mol. The molecule has 0 spiro atoms. The minimum Gasteiger partial charge on any atom is -0.492 e. The molecular weight excluding hydrogens is 388 g/mol. The highest BCUT2D eigenvalue weighted by atomic mass is 35.5. The number of benzene rings is 2. The van der Waals surface area contributed by atoms with Gasteiger partial charge in [0.2, 0.25) is 10.0 Å². The Kier molecular flexibility index (Phi) is 6.73. The van der Waals surface area contributed by atoms with Crippen molar-refractivity contribution >= 4 is 33.2 Å². The van der Waals surface area contributed by atoms with E-state index >= 15 is 0 Å². The Labute approximate surface area is 165 Å². The highest BCUT2D eigenvalue weighted by Gasteiger charge is 2.16. The highest BCUT2D eigenvalue weighted by Crippen LogP contribution is 2.24. The third kappa shape index (κ3) is 5.87. The number of halogens is 1. The van der Waals surface area contributed by atoms with E-state index in [-0.39, 0.29) is 16.5 Å². The maximum absolute atomic E-state index is 12.3. The van der Waals surface area contributed by atoms with Crippen LogP contribution in [-0.4, -0.2) is 40.8 Å². The van der Waals surface area contributed by atoms with E-state index in [4.69, 9.17) is 16.3 Å². The molecule has 0 aliphatic heterocycles. The molecule has 27 heavy (non-hydrogen) atoms. The van der Waals surface area contributed by atoms with Crippen LogP contribution in [0.2, 0.25) is 5.02 Å². The quantitative estimate of drug-likeness (QED) is 0.711. The summed E-state index contributed by atoms with van der Waals surface area (Å²) in [6, 6.07) is 10.4. The van der Waals surface area contributed by atoms with Crippen LogP contribution >= 0.6 is 11.6 Å². The smallest absolute Gasteiger partial charge is 0.252 e. The van der Waals surface area contributed by atoms with Crippen molar-refractivity contribution in [2.75, 3.05) is 30.8 Å². The van der Waals surface area contributed by atoms with Crippen LogP contribution in [0.3, 0.4) is 0 Å². The molecule has 1 N–H and O–H groups in total. The second kappa shape index (κ2) is 8.63. The molecule has 0 bridgehead atoms. The van der Waals surface area contributed by atoms with Gasteiger partial charge in [0.25, 0.3) is 5.91 Å². The molecule has 0 atom stereocenters. The molecule has 2 rings (SSSR count). The SMILES string of the molecule is Cc1cc(C)cc(OCCNC(=O)c2ccc(N(C)S(C)(=O)=O)cc2Cl)c1. The second-order valence-electron chi connectivity index (χ2n) is 6.32. The lowest BCUT2D eigenvalue weighted by atomic mass is 10.1. The number of hydrogen-bond donors (Lipinski definition) is 1. The minimum absolute atomic E-state index is 0.177. The molecule has 0 fully saturated rings. The zero-order valence-corrected chi connectivity index (χ0v) is 17.3. The molecule has 2 aromatic rings. The fourth-order valence-electron chi connectivity index (χ4n) is 2.52. The Bertz CT molecular complexity index is 924. The summed E-state index contributed by atoms with van der Waals surface area (Å²) in [5, 5.41) is 2.91. The second-order valence-corrected chi connectivity index (χ2v) is 8.74. The Morgan fingerprint density at radius 3 is 2.33 bits per heavy atom. The van der Waals surface area contributed by atoms with E-state index in [0.29, 0.717) is 18.8 Å². The number of carbonyl (C=O) groups excluding carboxylic acids is 1. The average Bonchev–Trinajstić information content (AvgIpc) is 2.56. The summed E-state index contributed by atoms with van der Waals surface area (Å²) in [6.07, 6.45) is 1.09. The third-order valence-electron chi connectivity index (χ3n) is 3.91. The zero-order chi connectivity index (χ0) is 20.2. The van der Waals surface area contributed by atoms with Gasteiger partial charge in [0.15, 0.2) is 0 Å². The van der Waals surface area contributed by atoms with Crippen LogP contribution in [0, 0.1) is 13.8 Å². The van der Waals surface area contributed by atoms with Gasteiger partial charge in [-0.1, -0.05) is 17.7 Å². The first-order valence-electron chi connectivity index (χ1n) is 8.30. The summed E-state index contributed by atoms with van der Waals surface area (Å²) in [6.45, 7) is 4.62. The van der Waals surface area contributed by atoms with Gasteiger partial charge in [0.05, 0.1) is 29.1 Å². The van der Waals surface area contributed by atoms with E-state index in [0.717, 1.165) is 27.4 Å². The molecule has 0 aliphatic carbocycles. The highest BCUT2D eigenvalue weighted by molar-refractivity contribution is 7.92. The Morgan fingerprint density at radius 1 is 1.15 bits per heavy atom. The normalized spacial score (nSPS) is 11.1. The number of nitrogens with zero attached hydrogens (tertiary/aromatic N) is 1. The Morgan fingerprint density at radius 2 is 1.78 bits per heavy atom. The van der Waals surface area contributed by atoms with Gasteiger partial charge in [-0.15, -0.1) is 0 Å². The van der Waals surface area contributed by atoms with E-state index in [1.807, 2.05) is 26.0 Å². The van der Waals surface area contributed by atoms with Crippen molar-refractivity contribution < 1.29 is 17.9 Å². The van der Waals surface area contributed by atoms with Gasteiger partial charge in [-0.05, 0) is 55.3 Å². The van der Waals surface area contributed by atoms with Crippen LogP contribution in [-0.2, 0) is 10.0 Å². The Hall–Kier alpha value is -2.25. The lowest BCUT2D eigenvalue weighted by Crippen LogP contribution is -2.28. The van der Waals surface area contributed by atoms with Gasteiger partial charge >= 0.3 is 0 Å². The molecule has 2 aromatic carbocycles. The topological polar surface area (TPSA) is 75.7 Å². The van der Waals surface area contributed by atoms with Crippen molar-refractivity contribution in [3.05, 3.63) is 58.1 Å². The van der Waals surface area contributed by atoms with Gasteiger partial charge in [-0.25, -0.2) is 8.42 Å². The molecule has 0 radical (unpaired) electrons. The fraction of sp³-hybridized carbons (Fsp3) is 0.316. The van der Waals surface area contributed by atoms with E-state index in [1.165, 1.54) is 25.2 Å². The molecule has 146 valence electrons. The number of aryl methyl sites for hydroxylation is 2. The molecule has 6 nitrogen and oxygen atoms in total. The lowest BCUT2D eigenvalue weighted by molar-refractivity contribution is 0.0947. The minimum atomic E-state index is -3.40. The largest absolute Gasteiger partial charge is 0.492 e. The van der Waals surface area contributed by atoms with Gasteiger partial charge in [-0.3, -0.25) is 9.10 Å². The molecule has 0 aromatic heterocycles. The molecule has 0 saturated heterocycles. The molecule has 1 amide bonds. The summed E-state index contributed by atoms with van der Waals surface area (Å²) >= 11 is 6.15. The molecular formula is C19H23ClN2O4S. The van der Waals surface area contributed by atoms with Crippen LogP contribution < -0.4 is 14.4 Å². The van der Waals surface area contributed by atoms with Crippen LogP contribution in [0.15, 0.2) is 36.4 Å². The summed E-state index contributed by atoms with van der Waals surface area (Å²) < 4.78 is 29.9. The third-order valence-corrected chi connectivity index (χ3v) is 5.43. The van der Waals surface area contributed by atoms with E-state index in [9.17, 15) is 13.2 Å². The maximum Gasteiger partial charge on any atom is 0.252 e. The summed E-state index contributed by atoms with van der Waals surface area (Å²) in [5.41, 5.74) is 2.88. The number of carbonyl (C=O) groups is 1. The molecule has 0 heterocycles. The predicted molar refractivity (Wildman–Crippen MR) is 108 cm³/mol. The number of anilines is 1. The van der Waals surface area contributed by atoms with Crippen LogP contribution in [0.25, 0.3) is 0 Å². The monoisotopic (exact) mass is 410 g/mol. The first-order chi connectivity index (χ1) is 12.6. The first-order valence-corrected chi connectivity index (χ1v) is 10.5. The molecule has 0 aliphatic rings. The number of ether oxygens (including phenoxy) is 1. The van der Waals surface area contributed by atoms with Crippen molar-refractivity contribution in [3.8, 4) is 5.75 Å². The zero-order valence-electron chi connectivity index (χ0n) is 15.7. The van der Waals surface area contributed by atoms with Crippen LogP contribution in [0.5, 0.6) is 5.75 Å². The van der Waals surface area contributed by atoms with Gasteiger partial charge in [0.1, 0.15) is 12.4 Å². The maximum atomic E-state index is 12.3. The van der Waals surface area contributed by atoms with Gasteiger partial charge in [0, 0.05) is 7.05 Å². The van der Waals surface area contributed by atoms with E-state index in [2.05, 4.69) is 11.4 Å².